The number of rotatable bonds is 5. The van der Waals surface area contributed by atoms with Crippen molar-refractivity contribution in [1.82, 2.24) is 8.87 Å². The maximum Gasteiger partial charge on any atom is 0.244 e. The Morgan fingerprint density at radius 1 is 1.38 bits per heavy atom. The lowest BCUT2D eigenvalue weighted by Crippen LogP contribution is -2.30. The van der Waals surface area contributed by atoms with Crippen molar-refractivity contribution in [2.75, 3.05) is 13.1 Å². The van der Waals surface area contributed by atoms with E-state index in [0.717, 1.165) is 5.69 Å². The standard InChI is InChI=1S/C10H17ClN2O2S/c1-4-13(5-2)16(14,15)10-6-9(7-11)12(3)8-10/h6,8H,4-5,7H2,1-3H3. The van der Waals surface area contributed by atoms with Crippen molar-refractivity contribution in [1.29, 1.82) is 0 Å². The quantitative estimate of drug-likeness (QED) is 0.761. The molecule has 0 saturated carbocycles. The highest BCUT2D eigenvalue weighted by Crippen LogP contribution is 2.19. The van der Waals surface area contributed by atoms with E-state index >= 15 is 0 Å². The van der Waals surface area contributed by atoms with Gasteiger partial charge in [-0.2, -0.15) is 4.31 Å². The molecule has 0 N–H and O–H groups in total. The number of nitrogens with zero attached hydrogens (tertiary/aromatic N) is 2. The van der Waals surface area contributed by atoms with Crippen LogP contribution in [0.15, 0.2) is 17.2 Å². The minimum Gasteiger partial charge on any atom is -0.352 e. The van der Waals surface area contributed by atoms with Crippen LogP contribution in [0.3, 0.4) is 0 Å². The summed E-state index contributed by atoms with van der Waals surface area (Å²) in [6, 6.07) is 1.63. The summed E-state index contributed by atoms with van der Waals surface area (Å²) >= 11 is 5.71. The molecule has 92 valence electrons. The van der Waals surface area contributed by atoms with Crippen LogP contribution in [0.2, 0.25) is 0 Å². The Kier molecular flexibility index (Phi) is 4.41. The minimum absolute atomic E-state index is 0.310. The predicted octanol–water partition coefficient (Wildman–Crippen LogP) is 1.79. The number of hydrogen-bond donors (Lipinski definition) is 0. The van der Waals surface area contributed by atoms with Crippen LogP contribution in [0.4, 0.5) is 0 Å². The second kappa shape index (κ2) is 5.21. The normalized spacial score (nSPS) is 12.3. The molecule has 6 heteroatoms. The van der Waals surface area contributed by atoms with Crippen LogP contribution in [-0.2, 0) is 23.0 Å². The zero-order chi connectivity index (χ0) is 12.3. The third-order valence-electron chi connectivity index (χ3n) is 2.56. The molecule has 1 aromatic rings. The van der Waals surface area contributed by atoms with E-state index in [1.807, 2.05) is 13.8 Å². The lowest BCUT2D eigenvalue weighted by atomic mass is 10.5. The first-order chi connectivity index (χ1) is 7.47. The van der Waals surface area contributed by atoms with Crippen molar-refractivity contribution in [2.45, 2.75) is 24.6 Å². The van der Waals surface area contributed by atoms with Gasteiger partial charge in [0.15, 0.2) is 0 Å². The molecule has 0 spiro atoms. The highest BCUT2D eigenvalue weighted by Gasteiger charge is 2.23. The number of aromatic nitrogens is 1. The van der Waals surface area contributed by atoms with Gasteiger partial charge in [0.25, 0.3) is 0 Å². The van der Waals surface area contributed by atoms with Crippen LogP contribution in [0.1, 0.15) is 19.5 Å². The van der Waals surface area contributed by atoms with Crippen LogP contribution in [0.5, 0.6) is 0 Å². The van der Waals surface area contributed by atoms with Crippen LogP contribution in [-0.4, -0.2) is 30.4 Å². The van der Waals surface area contributed by atoms with E-state index in [-0.39, 0.29) is 0 Å². The van der Waals surface area contributed by atoms with Crippen molar-refractivity contribution >= 4 is 21.6 Å². The third-order valence-corrected chi connectivity index (χ3v) is 4.85. The van der Waals surface area contributed by atoms with E-state index in [1.54, 1.807) is 23.9 Å². The molecule has 0 saturated heterocycles. The van der Waals surface area contributed by atoms with E-state index in [4.69, 9.17) is 11.6 Å². The molecule has 0 unspecified atom stereocenters. The Morgan fingerprint density at radius 3 is 2.31 bits per heavy atom. The number of alkyl halides is 1. The fourth-order valence-corrected chi connectivity index (χ4v) is 3.38. The topological polar surface area (TPSA) is 42.3 Å². The third kappa shape index (κ3) is 2.42. The molecule has 0 atom stereocenters. The molecule has 1 heterocycles. The molecule has 0 aliphatic heterocycles. The van der Waals surface area contributed by atoms with Crippen molar-refractivity contribution in [3.63, 3.8) is 0 Å². The number of halogens is 1. The number of sulfonamides is 1. The summed E-state index contributed by atoms with van der Waals surface area (Å²) in [4.78, 5) is 0.314. The molecule has 0 aliphatic rings. The van der Waals surface area contributed by atoms with Crippen molar-refractivity contribution < 1.29 is 8.42 Å². The lowest BCUT2D eigenvalue weighted by Gasteiger charge is -2.17. The lowest BCUT2D eigenvalue weighted by molar-refractivity contribution is 0.445. The zero-order valence-electron chi connectivity index (χ0n) is 9.77. The van der Waals surface area contributed by atoms with Gasteiger partial charge in [-0.05, 0) is 6.07 Å². The summed E-state index contributed by atoms with van der Waals surface area (Å²) in [5.41, 5.74) is 0.799. The smallest absolute Gasteiger partial charge is 0.244 e. The summed E-state index contributed by atoms with van der Waals surface area (Å²) in [5.74, 6) is 0.310. The van der Waals surface area contributed by atoms with E-state index < -0.39 is 10.0 Å². The summed E-state index contributed by atoms with van der Waals surface area (Å²) in [5, 5.41) is 0. The van der Waals surface area contributed by atoms with Gasteiger partial charge in [0.2, 0.25) is 10.0 Å². The van der Waals surface area contributed by atoms with Gasteiger partial charge < -0.3 is 4.57 Å². The van der Waals surface area contributed by atoms with E-state index in [9.17, 15) is 8.42 Å². The molecule has 4 nitrogen and oxygen atoms in total. The molecule has 0 aromatic carbocycles. The summed E-state index contributed by atoms with van der Waals surface area (Å²) < 4.78 is 27.5. The van der Waals surface area contributed by atoms with Crippen molar-refractivity contribution in [2.24, 2.45) is 7.05 Å². The van der Waals surface area contributed by atoms with Crippen LogP contribution >= 0.6 is 11.6 Å². The average molecular weight is 265 g/mol. The molecule has 0 amide bonds. The van der Waals surface area contributed by atoms with E-state index in [2.05, 4.69) is 0 Å². The molecular formula is C10H17ClN2O2S. The average Bonchev–Trinajstić information content (AvgIpc) is 2.61. The Labute approximate surface area is 102 Å². The van der Waals surface area contributed by atoms with Gasteiger partial charge >= 0.3 is 0 Å². The van der Waals surface area contributed by atoms with Gasteiger partial charge in [-0.15, -0.1) is 11.6 Å². The summed E-state index contributed by atoms with van der Waals surface area (Å²) in [7, 11) is -1.57. The van der Waals surface area contributed by atoms with Crippen molar-refractivity contribution in [3.05, 3.63) is 18.0 Å². The van der Waals surface area contributed by atoms with Gasteiger partial charge in [0, 0.05) is 32.0 Å². The molecule has 0 radical (unpaired) electrons. The molecule has 0 bridgehead atoms. The predicted molar refractivity (Wildman–Crippen MR) is 65.1 cm³/mol. The van der Waals surface area contributed by atoms with Gasteiger partial charge in [-0.25, -0.2) is 8.42 Å². The molecule has 0 fully saturated rings. The van der Waals surface area contributed by atoms with Gasteiger partial charge in [0.05, 0.1) is 5.88 Å². The highest BCUT2D eigenvalue weighted by molar-refractivity contribution is 7.89. The van der Waals surface area contributed by atoms with Gasteiger partial charge in [-0.3, -0.25) is 0 Å². The van der Waals surface area contributed by atoms with Crippen LogP contribution in [0, 0.1) is 0 Å². The first-order valence-corrected chi connectivity index (χ1v) is 7.16. The monoisotopic (exact) mass is 264 g/mol. The summed E-state index contributed by atoms with van der Waals surface area (Å²) in [6.07, 6.45) is 1.60. The molecular weight excluding hydrogens is 248 g/mol. The van der Waals surface area contributed by atoms with Gasteiger partial charge in [-0.1, -0.05) is 13.8 Å². The maximum absolute atomic E-state index is 12.1. The minimum atomic E-state index is -3.36. The Bertz CT molecular complexity index is 449. The highest BCUT2D eigenvalue weighted by atomic mass is 35.5. The second-order valence-electron chi connectivity index (χ2n) is 3.50. The number of hydrogen-bond acceptors (Lipinski definition) is 2. The second-order valence-corrected chi connectivity index (χ2v) is 5.71. The molecule has 0 aliphatic carbocycles. The fraction of sp³-hybridized carbons (Fsp3) is 0.600. The molecule has 16 heavy (non-hydrogen) atoms. The van der Waals surface area contributed by atoms with Crippen LogP contribution < -0.4 is 0 Å². The Morgan fingerprint density at radius 2 is 1.94 bits per heavy atom. The van der Waals surface area contributed by atoms with Gasteiger partial charge in [0.1, 0.15) is 4.90 Å². The zero-order valence-corrected chi connectivity index (χ0v) is 11.3. The Balaban J connectivity index is 3.16. The molecule has 1 aromatic heterocycles. The Hall–Kier alpha value is -0.520. The number of aryl methyl sites for hydroxylation is 1. The van der Waals surface area contributed by atoms with E-state index in [0.29, 0.717) is 23.9 Å². The maximum atomic E-state index is 12.1. The molecule has 1 rings (SSSR count). The first-order valence-electron chi connectivity index (χ1n) is 5.18. The van der Waals surface area contributed by atoms with E-state index in [1.165, 1.54) is 4.31 Å². The van der Waals surface area contributed by atoms with Crippen molar-refractivity contribution in [3.8, 4) is 0 Å². The fourth-order valence-electron chi connectivity index (χ4n) is 1.56. The summed E-state index contributed by atoms with van der Waals surface area (Å²) in [6.45, 7) is 4.60. The largest absolute Gasteiger partial charge is 0.352 e. The first kappa shape index (κ1) is 13.5. The van der Waals surface area contributed by atoms with Crippen LogP contribution in [0.25, 0.3) is 0 Å². The SMILES string of the molecule is CCN(CC)S(=O)(=O)c1cc(CCl)n(C)c1.